The zero-order chi connectivity index (χ0) is 9.80. The third-order valence-corrected chi connectivity index (χ3v) is 2.08. The zero-order valence-corrected chi connectivity index (χ0v) is 8.94. The maximum Gasteiger partial charge on any atom is 0.249 e. The van der Waals surface area contributed by atoms with E-state index in [2.05, 4.69) is 31.1 Å². The summed E-state index contributed by atoms with van der Waals surface area (Å²) in [5, 5.41) is 8.66. The molecule has 0 spiro atoms. The number of aryl methyl sites for hydroxylation is 1. The minimum atomic E-state index is 0.522. The molecule has 14 heavy (non-hydrogen) atoms. The van der Waals surface area contributed by atoms with Gasteiger partial charge in [-0.2, -0.15) is 0 Å². The smallest absolute Gasteiger partial charge is 0.249 e. The Hall–Kier alpha value is -1.23. The third kappa shape index (κ3) is 1.98. The molecule has 0 radical (unpaired) electrons. The summed E-state index contributed by atoms with van der Waals surface area (Å²) >= 11 is 3.31. The van der Waals surface area contributed by atoms with Gasteiger partial charge in [-0.05, 0) is 12.1 Å². The molecule has 0 aromatic carbocycles. The van der Waals surface area contributed by atoms with Crippen LogP contribution < -0.4 is 0 Å². The lowest BCUT2D eigenvalue weighted by molar-refractivity contribution is 0.514. The second kappa shape index (κ2) is 4.32. The van der Waals surface area contributed by atoms with Crippen LogP contribution in [0.1, 0.15) is 5.89 Å². The standard InChI is InChI=1S/C9H8BrN3O/c10-4-3-8-12-13-9(14-8)7-2-1-5-11-6-7/h1-2,5-6H,3-4H2. The molecule has 72 valence electrons. The lowest BCUT2D eigenvalue weighted by Crippen LogP contribution is -1.83. The Kier molecular flexibility index (Phi) is 2.88. The average Bonchev–Trinajstić information content (AvgIpc) is 2.68. The van der Waals surface area contributed by atoms with E-state index < -0.39 is 0 Å². The maximum atomic E-state index is 5.42. The summed E-state index contributed by atoms with van der Waals surface area (Å²) in [5.74, 6) is 1.16. The number of hydrogen-bond donors (Lipinski definition) is 0. The Bertz CT molecular complexity index is 401. The molecule has 0 aliphatic heterocycles. The van der Waals surface area contributed by atoms with Crippen LogP contribution in [0.3, 0.4) is 0 Å². The molecule has 5 heteroatoms. The highest BCUT2D eigenvalue weighted by Gasteiger charge is 2.06. The molecule has 0 aliphatic carbocycles. The molecule has 2 heterocycles. The van der Waals surface area contributed by atoms with E-state index in [9.17, 15) is 0 Å². The van der Waals surface area contributed by atoms with E-state index in [1.54, 1.807) is 12.4 Å². The fourth-order valence-electron chi connectivity index (χ4n) is 1.04. The Morgan fingerprint density at radius 2 is 2.29 bits per heavy atom. The first-order valence-corrected chi connectivity index (χ1v) is 5.31. The molecule has 0 atom stereocenters. The van der Waals surface area contributed by atoms with Gasteiger partial charge >= 0.3 is 0 Å². The highest BCUT2D eigenvalue weighted by Crippen LogP contribution is 2.16. The van der Waals surface area contributed by atoms with Gasteiger partial charge in [0, 0.05) is 24.1 Å². The molecule has 0 amide bonds. The van der Waals surface area contributed by atoms with Crippen LogP contribution in [0.15, 0.2) is 28.9 Å². The maximum absolute atomic E-state index is 5.42. The van der Waals surface area contributed by atoms with E-state index in [1.165, 1.54) is 0 Å². The quantitative estimate of drug-likeness (QED) is 0.787. The fraction of sp³-hybridized carbons (Fsp3) is 0.222. The molecule has 0 unspecified atom stereocenters. The first kappa shape index (κ1) is 9.33. The number of hydrogen-bond acceptors (Lipinski definition) is 4. The Labute approximate surface area is 89.5 Å². The molecule has 0 fully saturated rings. The fourth-order valence-corrected chi connectivity index (χ4v) is 1.38. The summed E-state index contributed by atoms with van der Waals surface area (Å²) in [6, 6.07) is 3.72. The topological polar surface area (TPSA) is 51.8 Å². The van der Waals surface area contributed by atoms with E-state index in [0.717, 1.165) is 17.3 Å². The van der Waals surface area contributed by atoms with Crippen molar-refractivity contribution in [3.63, 3.8) is 0 Å². The molecule has 0 saturated heterocycles. The van der Waals surface area contributed by atoms with Crippen LogP contribution in [0.5, 0.6) is 0 Å². The molecule has 0 aliphatic rings. The van der Waals surface area contributed by atoms with Gasteiger partial charge in [-0.3, -0.25) is 4.98 Å². The highest BCUT2D eigenvalue weighted by molar-refractivity contribution is 9.09. The summed E-state index contributed by atoms with van der Waals surface area (Å²) < 4.78 is 5.42. The van der Waals surface area contributed by atoms with E-state index in [4.69, 9.17) is 4.42 Å². The van der Waals surface area contributed by atoms with Crippen molar-refractivity contribution in [1.82, 2.24) is 15.2 Å². The zero-order valence-electron chi connectivity index (χ0n) is 7.35. The third-order valence-electron chi connectivity index (χ3n) is 1.68. The van der Waals surface area contributed by atoms with Crippen LogP contribution in [-0.2, 0) is 6.42 Å². The molecule has 2 aromatic heterocycles. The van der Waals surface area contributed by atoms with Crippen molar-refractivity contribution in [2.75, 3.05) is 5.33 Å². The Morgan fingerprint density at radius 3 is 3.00 bits per heavy atom. The molecule has 0 bridgehead atoms. The van der Waals surface area contributed by atoms with Gasteiger partial charge in [0.2, 0.25) is 11.8 Å². The minimum Gasteiger partial charge on any atom is -0.421 e. The molecule has 4 nitrogen and oxygen atoms in total. The molecule has 0 N–H and O–H groups in total. The summed E-state index contributed by atoms with van der Waals surface area (Å²) in [5.41, 5.74) is 0.848. The molecular weight excluding hydrogens is 246 g/mol. The number of halogens is 1. The van der Waals surface area contributed by atoms with Crippen LogP contribution in [-0.4, -0.2) is 20.5 Å². The van der Waals surface area contributed by atoms with Gasteiger partial charge in [-0.25, -0.2) is 0 Å². The van der Waals surface area contributed by atoms with Gasteiger partial charge in [-0.1, -0.05) is 15.9 Å². The van der Waals surface area contributed by atoms with Gasteiger partial charge in [-0.15, -0.1) is 10.2 Å². The van der Waals surface area contributed by atoms with Gasteiger partial charge in [0.15, 0.2) is 0 Å². The van der Waals surface area contributed by atoms with Crippen molar-refractivity contribution in [2.24, 2.45) is 0 Å². The van der Waals surface area contributed by atoms with Crippen molar-refractivity contribution in [2.45, 2.75) is 6.42 Å². The summed E-state index contributed by atoms with van der Waals surface area (Å²) in [4.78, 5) is 3.98. The van der Waals surface area contributed by atoms with Gasteiger partial charge in [0.1, 0.15) is 0 Å². The summed E-state index contributed by atoms with van der Waals surface area (Å²) in [6.07, 6.45) is 4.15. The van der Waals surface area contributed by atoms with Crippen LogP contribution >= 0.6 is 15.9 Å². The molecule has 2 rings (SSSR count). The molecule has 0 saturated carbocycles. The van der Waals surface area contributed by atoms with Crippen molar-refractivity contribution in [1.29, 1.82) is 0 Å². The van der Waals surface area contributed by atoms with Crippen molar-refractivity contribution in [3.8, 4) is 11.5 Å². The second-order valence-corrected chi connectivity index (χ2v) is 3.47. The van der Waals surface area contributed by atoms with Crippen LogP contribution in [0.4, 0.5) is 0 Å². The Balaban J connectivity index is 2.25. The molecular formula is C9H8BrN3O. The first-order valence-electron chi connectivity index (χ1n) is 4.19. The summed E-state index contributed by atoms with van der Waals surface area (Å²) in [6.45, 7) is 0. The monoisotopic (exact) mass is 253 g/mol. The van der Waals surface area contributed by atoms with Crippen LogP contribution in [0, 0.1) is 0 Å². The average molecular weight is 254 g/mol. The predicted molar refractivity (Wildman–Crippen MR) is 55.0 cm³/mol. The number of nitrogens with zero attached hydrogens (tertiary/aromatic N) is 3. The Morgan fingerprint density at radius 1 is 1.36 bits per heavy atom. The number of alkyl halides is 1. The van der Waals surface area contributed by atoms with Crippen molar-refractivity contribution < 1.29 is 4.42 Å². The first-order chi connectivity index (χ1) is 6.90. The number of pyridine rings is 1. The van der Waals surface area contributed by atoms with Gasteiger partial charge in [0.05, 0.1) is 5.56 Å². The second-order valence-electron chi connectivity index (χ2n) is 2.68. The number of aromatic nitrogens is 3. The van der Waals surface area contributed by atoms with Crippen LogP contribution in [0.25, 0.3) is 11.5 Å². The van der Waals surface area contributed by atoms with Gasteiger partial charge < -0.3 is 4.42 Å². The lowest BCUT2D eigenvalue weighted by Gasteiger charge is -1.91. The van der Waals surface area contributed by atoms with Gasteiger partial charge in [0.25, 0.3) is 0 Å². The lowest BCUT2D eigenvalue weighted by atomic mass is 10.3. The van der Waals surface area contributed by atoms with Crippen molar-refractivity contribution >= 4 is 15.9 Å². The highest BCUT2D eigenvalue weighted by atomic mass is 79.9. The van der Waals surface area contributed by atoms with Crippen LogP contribution in [0.2, 0.25) is 0 Å². The SMILES string of the molecule is BrCCc1nnc(-c2cccnc2)o1. The number of rotatable bonds is 3. The van der Waals surface area contributed by atoms with E-state index in [1.807, 2.05) is 12.1 Å². The minimum absolute atomic E-state index is 0.522. The normalized spacial score (nSPS) is 10.4. The van der Waals surface area contributed by atoms with E-state index in [0.29, 0.717) is 11.8 Å². The predicted octanol–water partition coefficient (Wildman–Crippen LogP) is 2.07. The summed E-state index contributed by atoms with van der Waals surface area (Å²) in [7, 11) is 0. The molecule has 2 aromatic rings. The van der Waals surface area contributed by atoms with Crippen molar-refractivity contribution in [3.05, 3.63) is 30.4 Å². The van der Waals surface area contributed by atoms with E-state index in [-0.39, 0.29) is 0 Å². The van der Waals surface area contributed by atoms with E-state index >= 15 is 0 Å². The largest absolute Gasteiger partial charge is 0.421 e.